The fourth-order valence-electron chi connectivity index (χ4n) is 4.64. The Morgan fingerprint density at radius 1 is 0.939 bits per heavy atom. The number of rotatable bonds is 5. The average molecular weight is 439 g/mol. The Labute approximate surface area is 195 Å². The van der Waals surface area contributed by atoms with Crippen LogP contribution < -0.4 is 5.32 Å². The molecule has 1 N–H and O–H groups in total. The summed E-state index contributed by atoms with van der Waals surface area (Å²) in [4.78, 5) is 21.5. The number of hydrogen-bond donors (Lipinski definition) is 1. The normalized spacial score (nSPS) is 16.4. The predicted molar refractivity (Wildman–Crippen MR) is 133 cm³/mol. The highest BCUT2D eigenvalue weighted by molar-refractivity contribution is 5.95. The highest BCUT2D eigenvalue weighted by atomic mass is 16.1. The van der Waals surface area contributed by atoms with Crippen molar-refractivity contribution in [1.82, 2.24) is 20.1 Å². The summed E-state index contributed by atoms with van der Waals surface area (Å²) in [7, 11) is 3.84. The minimum Gasteiger partial charge on any atom is -0.355 e. The second-order valence-corrected chi connectivity index (χ2v) is 8.97. The van der Waals surface area contributed by atoms with Crippen molar-refractivity contribution >= 4 is 11.5 Å². The highest BCUT2D eigenvalue weighted by Gasteiger charge is 2.19. The Morgan fingerprint density at radius 3 is 2.33 bits per heavy atom. The van der Waals surface area contributed by atoms with Gasteiger partial charge in [-0.05, 0) is 47.5 Å². The highest BCUT2D eigenvalue weighted by Crippen LogP contribution is 2.34. The molecule has 0 atom stereocenters. The summed E-state index contributed by atoms with van der Waals surface area (Å²) in [6.45, 7) is 5.56. The van der Waals surface area contributed by atoms with Crippen LogP contribution in [0.4, 0.5) is 0 Å². The molecule has 5 nitrogen and oxygen atoms in total. The van der Waals surface area contributed by atoms with E-state index >= 15 is 0 Å². The molecule has 0 radical (unpaired) electrons. The van der Waals surface area contributed by atoms with Gasteiger partial charge in [0.25, 0.3) is 5.91 Å². The maximum absolute atomic E-state index is 11.9. The zero-order chi connectivity index (χ0) is 22.8. The van der Waals surface area contributed by atoms with Crippen molar-refractivity contribution in [1.29, 1.82) is 0 Å². The Balaban J connectivity index is 1.33. The smallest absolute Gasteiger partial charge is 0.251 e. The summed E-state index contributed by atoms with van der Waals surface area (Å²) < 4.78 is 0. The van der Waals surface area contributed by atoms with E-state index in [-0.39, 0.29) is 5.91 Å². The number of benzene rings is 2. The molecular formula is C28H30N4O. The first-order chi connectivity index (χ1) is 16.1. The monoisotopic (exact) mass is 438 g/mol. The van der Waals surface area contributed by atoms with Crippen LogP contribution in [0, 0.1) is 0 Å². The molecule has 0 bridgehead atoms. The van der Waals surface area contributed by atoms with E-state index in [1.54, 1.807) is 7.05 Å². The fourth-order valence-corrected chi connectivity index (χ4v) is 4.64. The standard InChI is InChI=1S/C28H30N4O/c1-29-28(33)23-9-7-22(8-10-23)25-11-12-27-26(25)17-24(18-30-27)21-5-3-20(4-6-21)19-32-15-13-31(2)14-16-32/h3-11,17-18H,12-16,19H2,1-2H3,(H,29,33). The van der Waals surface area contributed by atoms with Crippen molar-refractivity contribution in [3.05, 3.63) is 94.8 Å². The van der Waals surface area contributed by atoms with Crippen LogP contribution in [0.5, 0.6) is 0 Å². The van der Waals surface area contributed by atoms with E-state index < -0.39 is 0 Å². The lowest BCUT2D eigenvalue weighted by atomic mass is 9.97. The fraction of sp³-hybridized carbons (Fsp3) is 0.286. The van der Waals surface area contributed by atoms with Gasteiger partial charge in [-0.15, -0.1) is 0 Å². The number of carbonyl (C=O) groups excluding carboxylic acids is 1. The van der Waals surface area contributed by atoms with Crippen LogP contribution in [0.3, 0.4) is 0 Å². The first-order valence-electron chi connectivity index (χ1n) is 11.6. The molecule has 5 heteroatoms. The van der Waals surface area contributed by atoms with Crippen molar-refractivity contribution in [3.63, 3.8) is 0 Å². The molecule has 5 rings (SSSR count). The van der Waals surface area contributed by atoms with E-state index in [0.29, 0.717) is 5.56 Å². The number of fused-ring (bicyclic) bond motifs is 1. The van der Waals surface area contributed by atoms with Crippen LogP contribution in [0.1, 0.15) is 32.7 Å². The van der Waals surface area contributed by atoms with Crippen LogP contribution in [0.25, 0.3) is 16.7 Å². The van der Waals surface area contributed by atoms with Crippen LogP contribution in [0.2, 0.25) is 0 Å². The van der Waals surface area contributed by atoms with Crippen LogP contribution in [-0.2, 0) is 13.0 Å². The molecule has 0 unspecified atom stereocenters. The van der Waals surface area contributed by atoms with Gasteiger partial charge in [-0.25, -0.2) is 0 Å². The lowest BCUT2D eigenvalue weighted by molar-refractivity contribution is 0.0963. The first kappa shape index (κ1) is 21.6. The molecule has 168 valence electrons. The van der Waals surface area contributed by atoms with Crippen LogP contribution in [0.15, 0.2) is 66.9 Å². The lowest BCUT2D eigenvalue weighted by Gasteiger charge is -2.32. The molecule has 1 aliphatic heterocycles. The van der Waals surface area contributed by atoms with Gasteiger partial charge >= 0.3 is 0 Å². The molecule has 2 aliphatic rings. The molecule has 3 aromatic rings. The number of nitrogens with one attached hydrogen (secondary N) is 1. The van der Waals surface area contributed by atoms with Gasteiger partial charge in [0, 0.05) is 69.1 Å². The van der Waals surface area contributed by atoms with E-state index in [1.807, 2.05) is 30.5 Å². The second kappa shape index (κ2) is 9.30. The van der Waals surface area contributed by atoms with Crippen molar-refractivity contribution in [2.45, 2.75) is 13.0 Å². The summed E-state index contributed by atoms with van der Waals surface area (Å²) in [6.07, 6.45) is 5.06. The quantitative estimate of drug-likeness (QED) is 0.658. The minimum atomic E-state index is -0.0672. The number of piperazine rings is 1. The van der Waals surface area contributed by atoms with Gasteiger partial charge in [0.1, 0.15) is 0 Å². The Kier molecular flexibility index (Phi) is 6.07. The molecule has 1 fully saturated rings. The van der Waals surface area contributed by atoms with Gasteiger partial charge in [0.2, 0.25) is 0 Å². The van der Waals surface area contributed by atoms with E-state index in [0.717, 1.165) is 56.0 Å². The summed E-state index contributed by atoms with van der Waals surface area (Å²) >= 11 is 0. The maximum Gasteiger partial charge on any atom is 0.251 e. The number of aromatic nitrogens is 1. The SMILES string of the molecule is CNC(=O)c1ccc(C2=CCc3ncc(-c4ccc(CN5CCN(C)CC5)cc4)cc32)cc1. The molecule has 1 saturated heterocycles. The van der Waals surface area contributed by atoms with Gasteiger partial charge in [-0.3, -0.25) is 14.7 Å². The molecule has 1 amide bonds. The van der Waals surface area contributed by atoms with Gasteiger partial charge in [0.15, 0.2) is 0 Å². The molecule has 1 aliphatic carbocycles. The minimum absolute atomic E-state index is 0.0672. The Morgan fingerprint density at radius 2 is 1.64 bits per heavy atom. The summed E-state index contributed by atoms with van der Waals surface area (Å²) in [5.41, 5.74) is 8.94. The summed E-state index contributed by atoms with van der Waals surface area (Å²) in [6, 6.07) is 19.0. The topological polar surface area (TPSA) is 48.5 Å². The van der Waals surface area contributed by atoms with Gasteiger partial charge in [-0.1, -0.05) is 42.5 Å². The van der Waals surface area contributed by atoms with Gasteiger partial charge in [-0.2, -0.15) is 0 Å². The van der Waals surface area contributed by atoms with Crippen LogP contribution in [-0.4, -0.2) is 61.0 Å². The van der Waals surface area contributed by atoms with Crippen LogP contribution >= 0.6 is 0 Å². The van der Waals surface area contributed by atoms with Gasteiger partial charge in [0.05, 0.1) is 5.69 Å². The largest absolute Gasteiger partial charge is 0.355 e. The van der Waals surface area contributed by atoms with Crippen molar-refractivity contribution in [2.24, 2.45) is 0 Å². The van der Waals surface area contributed by atoms with Crippen molar-refractivity contribution in [2.75, 3.05) is 40.3 Å². The zero-order valence-electron chi connectivity index (χ0n) is 19.3. The summed E-state index contributed by atoms with van der Waals surface area (Å²) in [5, 5.41) is 2.67. The van der Waals surface area contributed by atoms with E-state index in [2.05, 4.69) is 58.6 Å². The Bertz CT molecular complexity index is 1170. The molecule has 2 heterocycles. The third kappa shape index (κ3) is 4.61. The van der Waals surface area contributed by atoms with Crippen molar-refractivity contribution < 1.29 is 4.79 Å². The number of amides is 1. The number of pyridine rings is 1. The maximum atomic E-state index is 11.9. The molecule has 2 aromatic carbocycles. The number of carbonyl (C=O) groups is 1. The number of nitrogens with zero attached hydrogens (tertiary/aromatic N) is 3. The van der Waals surface area contributed by atoms with E-state index in [9.17, 15) is 4.79 Å². The van der Waals surface area contributed by atoms with Crippen molar-refractivity contribution in [3.8, 4) is 11.1 Å². The third-order valence-electron chi connectivity index (χ3n) is 6.73. The lowest BCUT2D eigenvalue weighted by Crippen LogP contribution is -2.43. The number of allylic oxidation sites excluding steroid dienone is 1. The third-order valence-corrected chi connectivity index (χ3v) is 6.73. The van der Waals surface area contributed by atoms with E-state index in [4.69, 9.17) is 4.98 Å². The predicted octanol–water partition coefficient (Wildman–Crippen LogP) is 3.84. The van der Waals surface area contributed by atoms with Gasteiger partial charge < -0.3 is 10.2 Å². The average Bonchev–Trinajstić information content (AvgIpc) is 3.29. The number of hydrogen-bond acceptors (Lipinski definition) is 4. The zero-order valence-corrected chi connectivity index (χ0v) is 19.3. The molecule has 0 saturated carbocycles. The molecular weight excluding hydrogens is 408 g/mol. The molecule has 33 heavy (non-hydrogen) atoms. The second-order valence-electron chi connectivity index (χ2n) is 8.97. The first-order valence-corrected chi connectivity index (χ1v) is 11.6. The van der Waals surface area contributed by atoms with E-state index in [1.165, 1.54) is 22.3 Å². The number of likely N-dealkylation sites (N-methyl/N-ethyl adjacent to an activating group) is 1. The molecule has 1 aromatic heterocycles. The summed E-state index contributed by atoms with van der Waals surface area (Å²) in [5.74, 6) is -0.0672. The Hall–Kier alpha value is -3.28. The molecule has 0 spiro atoms.